The fourth-order valence-electron chi connectivity index (χ4n) is 2.25. The highest BCUT2D eigenvalue weighted by Gasteiger charge is 2.34. The van der Waals surface area contributed by atoms with Crippen LogP contribution >= 0.6 is 0 Å². The SMILES string of the molecule is Nc1ccc(N(C(=O)Cc2ccccc2)C2CC2)nc1. The van der Waals surface area contributed by atoms with E-state index in [2.05, 4.69) is 4.98 Å². The molecule has 1 aliphatic rings. The van der Waals surface area contributed by atoms with Crippen molar-refractivity contribution in [2.24, 2.45) is 0 Å². The van der Waals surface area contributed by atoms with Crippen molar-refractivity contribution < 1.29 is 4.79 Å². The Labute approximate surface area is 118 Å². The second-order valence-corrected chi connectivity index (χ2v) is 5.11. The molecule has 0 radical (unpaired) electrons. The van der Waals surface area contributed by atoms with Gasteiger partial charge in [-0.05, 0) is 30.5 Å². The maximum absolute atomic E-state index is 12.5. The van der Waals surface area contributed by atoms with Crippen LogP contribution in [-0.2, 0) is 11.2 Å². The molecule has 0 unspecified atom stereocenters. The molecule has 0 spiro atoms. The summed E-state index contributed by atoms with van der Waals surface area (Å²) in [6, 6.07) is 13.7. The third kappa shape index (κ3) is 2.79. The smallest absolute Gasteiger partial charge is 0.232 e. The van der Waals surface area contributed by atoms with Crippen molar-refractivity contribution in [3.05, 3.63) is 54.2 Å². The minimum atomic E-state index is 0.0935. The summed E-state index contributed by atoms with van der Waals surface area (Å²) < 4.78 is 0. The lowest BCUT2D eigenvalue weighted by Gasteiger charge is -2.21. The summed E-state index contributed by atoms with van der Waals surface area (Å²) in [5.74, 6) is 0.790. The molecule has 0 saturated heterocycles. The van der Waals surface area contributed by atoms with E-state index in [0.29, 0.717) is 24.0 Å². The molecule has 1 aromatic carbocycles. The van der Waals surface area contributed by atoms with E-state index >= 15 is 0 Å². The Bertz CT molecular complexity index is 591. The zero-order chi connectivity index (χ0) is 13.9. The first-order valence-electron chi connectivity index (χ1n) is 6.81. The van der Waals surface area contributed by atoms with Gasteiger partial charge in [-0.1, -0.05) is 30.3 Å². The van der Waals surface area contributed by atoms with Gasteiger partial charge >= 0.3 is 0 Å². The Morgan fingerprint density at radius 2 is 1.95 bits per heavy atom. The van der Waals surface area contributed by atoms with E-state index in [-0.39, 0.29) is 5.91 Å². The number of nitrogens with zero attached hydrogens (tertiary/aromatic N) is 2. The van der Waals surface area contributed by atoms with Crippen molar-refractivity contribution in [1.82, 2.24) is 4.98 Å². The van der Waals surface area contributed by atoms with Gasteiger partial charge in [0.2, 0.25) is 5.91 Å². The van der Waals surface area contributed by atoms with Gasteiger partial charge in [0, 0.05) is 6.04 Å². The van der Waals surface area contributed by atoms with Gasteiger partial charge in [-0.3, -0.25) is 9.69 Å². The molecule has 1 aromatic heterocycles. The quantitative estimate of drug-likeness (QED) is 0.925. The molecular formula is C16H17N3O. The highest BCUT2D eigenvalue weighted by molar-refractivity contribution is 5.95. The summed E-state index contributed by atoms with van der Waals surface area (Å²) in [6.45, 7) is 0. The van der Waals surface area contributed by atoms with Crippen LogP contribution in [0.15, 0.2) is 48.7 Å². The minimum Gasteiger partial charge on any atom is -0.397 e. The number of hydrogen-bond acceptors (Lipinski definition) is 3. The van der Waals surface area contributed by atoms with Crippen molar-refractivity contribution >= 4 is 17.4 Å². The van der Waals surface area contributed by atoms with E-state index in [0.717, 1.165) is 18.4 Å². The zero-order valence-corrected chi connectivity index (χ0v) is 11.2. The van der Waals surface area contributed by atoms with Crippen LogP contribution in [0.5, 0.6) is 0 Å². The second-order valence-electron chi connectivity index (χ2n) is 5.11. The molecular weight excluding hydrogens is 250 g/mol. The number of pyridine rings is 1. The summed E-state index contributed by atoms with van der Waals surface area (Å²) in [5, 5.41) is 0. The minimum absolute atomic E-state index is 0.0935. The van der Waals surface area contributed by atoms with E-state index in [1.807, 2.05) is 41.3 Å². The molecule has 4 nitrogen and oxygen atoms in total. The molecule has 0 bridgehead atoms. The average molecular weight is 267 g/mol. The van der Waals surface area contributed by atoms with E-state index < -0.39 is 0 Å². The molecule has 1 heterocycles. The number of rotatable bonds is 4. The molecule has 1 aliphatic carbocycles. The number of nitrogen functional groups attached to an aromatic ring is 1. The standard InChI is InChI=1S/C16H17N3O/c17-13-6-9-15(18-11-13)19(14-7-8-14)16(20)10-12-4-2-1-3-5-12/h1-6,9,11,14H,7-8,10,17H2. The van der Waals surface area contributed by atoms with Gasteiger partial charge in [-0.2, -0.15) is 0 Å². The van der Waals surface area contributed by atoms with Crippen LogP contribution in [0.4, 0.5) is 11.5 Å². The maximum atomic E-state index is 12.5. The van der Waals surface area contributed by atoms with Crippen LogP contribution < -0.4 is 10.6 Å². The molecule has 3 rings (SSSR count). The van der Waals surface area contributed by atoms with Crippen LogP contribution in [0, 0.1) is 0 Å². The molecule has 2 N–H and O–H groups in total. The summed E-state index contributed by atoms with van der Waals surface area (Å²) in [5.41, 5.74) is 7.29. The highest BCUT2D eigenvalue weighted by atomic mass is 16.2. The predicted octanol–water partition coefficient (Wildman–Crippen LogP) is 2.40. The first-order valence-corrected chi connectivity index (χ1v) is 6.81. The van der Waals surface area contributed by atoms with Crippen LogP contribution in [0.1, 0.15) is 18.4 Å². The number of nitrogens with two attached hydrogens (primary N) is 1. The first kappa shape index (κ1) is 12.7. The predicted molar refractivity (Wildman–Crippen MR) is 79.3 cm³/mol. The van der Waals surface area contributed by atoms with E-state index in [4.69, 9.17) is 5.73 Å². The van der Waals surface area contributed by atoms with E-state index in [1.165, 1.54) is 0 Å². The second kappa shape index (κ2) is 5.33. The molecule has 102 valence electrons. The van der Waals surface area contributed by atoms with E-state index in [9.17, 15) is 4.79 Å². The Hall–Kier alpha value is -2.36. The average Bonchev–Trinajstić information content (AvgIpc) is 3.27. The zero-order valence-electron chi connectivity index (χ0n) is 11.2. The number of aromatic nitrogens is 1. The van der Waals surface area contributed by atoms with Gasteiger partial charge in [0.1, 0.15) is 5.82 Å². The number of anilines is 2. The number of carbonyl (C=O) groups excluding carboxylic acids is 1. The molecule has 4 heteroatoms. The Morgan fingerprint density at radius 1 is 1.20 bits per heavy atom. The Kier molecular flexibility index (Phi) is 3.37. The Balaban J connectivity index is 1.80. The fraction of sp³-hybridized carbons (Fsp3) is 0.250. The molecule has 2 aromatic rings. The first-order chi connectivity index (χ1) is 9.74. The van der Waals surface area contributed by atoms with Gasteiger partial charge in [-0.25, -0.2) is 4.98 Å². The van der Waals surface area contributed by atoms with Gasteiger partial charge < -0.3 is 5.73 Å². The molecule has 20 heavy (non-hydrogen) atoms. The van der Waals surface area contributed by atoms with Crippen LogP contribution in [0.25, 0.3) is 0 Å². The Morgan fingerprint density at radius 3 is 2.55 bits per heavy atom. The summed E-state index contributed by atoms with van der Waals surface area (Å²) in [4.78, 5) is 18.6. The maximum Gasteiger partial charge on any atom is 0.232 e. The van der Waals surface area contributed by atoms with Crippen molar-refractivity contribution in [3.8, 4) is 0 Å². The fourth-order valence-corrected chi connectivity index (χ4v) is 2.25. The number of carbonyl (C=O) groups is 1. The lowest BCUT2D eigenvalue weighted by molar-refractivity contribution is -0.118. The highest BCUT2D eigenvalue weighted by Crippen LogP contribution is 2.31. The number of benzene rings is 1. The third-order valence-corrected chi connectivity index (χ3v) is 3.40. The summed E-state index contributed by atoms with van der Waals surface area (Å²) in [7, 11) is 0. The van der Waals surface area contributed by atoms with Crippen LogP contribution in [-0.4, -0.2) is 16.9 Å². The lowest BCUT2D eigenvalue weighted by atomic mass is 10.1. The van der Waals surface area contributed by atoms with Crippen molar-refractivity contribution in [2.75, 3.05) is 10.6 Å². The largest absolute Gasteiger partial charge is 0.397 e. The molecule has 1 amide bonds. The van der Waals surface area contributed by atoms with Gasteiger partial charge in [0.05, 0.1) is 18.3 Å². The molecule has 1 saturated carbocycles. The third-order valence-electron chi connectivity index (χ3n) is 3.40. The van der Waals surface area contributed by atoms with Crippen molar-refractivity contribution in [2.45, 2.75) is 25.3 Å². The molecule has 0 atom stereocenters. The summed E-state index contributed by atoms with van der Waals surface area (Å²) in [6.07, 6.45) is 4.10. The number of hydrogen-bond donors (Lipinski definition) is 1. The van der Waals surface area contributed by atoms with Gasteiger partial charge in [0.25, 0.3) is 0 Å². The van der Waals surface area contributed by atoms with Gasteiger partial charge in [-0.15, -0.1) is 0 Å². The monoisotopic (exact) mass is 267 g/mol. The number of amides is 1. The van der Waals surface area contributed by atoms with E-state index in [1.54, 1.807) is 12.3 Å². The topological polar surface area (TPSA) is 59.2 Å². The normalized spacial score (nSPS) is 14.0. The molecule has 0 aliphatic heterocycles. The van der Waals surface area contributed by atoms with Crippen molar-refractivity contribution in [3.63, 3.8) is 0 Å². The summed E-state index contributed by atoms with van der Waals surface area (Å²) >= 11 is 0. The van der Waals surface area contributed by atoms with Gasteiger partial charge in [0.15, 0.2) is 0 Å². The van der Waals surface area contributed by atoms with Crippen LogP contribution in [0.2, 0.25) is 0 Å². The van der Waals surface area contributed by atoms with Crippen molar-refractivity contribution in [1.29, 1.82) is 0 Å². The van der Waals surface area contributed by atoms with Crippen LogP contribution in [0.3, 0.4) is 0 Å². The lowest BCUT2D eigenvalue weighted by Crippen LogP contribution is -2.35. The molecule has 1 fully saturated rings.